The molecule has 4 aromatic rings. The van der Waals surface area contributed by atoms with Crippen molar-refractivity contribution in [3.05, 3.63) is 95.4 Å². The Morgan fingerprint density at radius 3 is 2.61 bits per heavy atom. The second kappa shape index (κ2) is 7.66. The number of para-hydroxylation sites is 1. The maximum atomic E-state index is 12.9. The number of pyridine rings is 1. The van der Waals surface area contributed by atoms with E-state index in [1.54, 1.807) is 35.3 Å². The summed E-state index contributed by atoms with van der Waals surface area (Å²) in [5, 5.41) is 8.01. The van der Waals surface area contributed by atoms with Gasteiger partial charge in [0.25, 0.3) is 5.91 Å². The molecule has 2 heterocycles. The fourth-order valence-corrected chi connectivity index (χ4v) is 3.07. The van der Waals surface area contributed by atoms with Crippen LogP contribution in [-0.2, 0) is 0 Å². The SMILES string of the molecule is Cc1ccc(Cl)cc1NC(=O)c1cc(-c2cccnc2)n(-c2ccccc2)n1. The van der Waals surface area contributed by atoms with E-state index in [0.29, 0.717) is 16.4 Å². The van der Waals surface area contributed by atoms with E-state index in [1.165, 1.54) is 0 Å². The van der Waals surface area contributed by atoms with Gasteiger partial charge in [0.15, 0.2) is 5.69 Å². The van der Waals surface area contributed by atoms with Crippen LogP contribution in [0.25, 0.3) is 16.9 Å². The number of benzene rings is 2. The molecule has 1 N–H and O–H groups in total. The topological polar surface area (TPSA) is 59.8 Å². The van der Waals surface area contributed by atoms with Crippen molar-refractivity contribution >= 4 is 23.2 Å². The molecule has 4 rings (SSSR count). The lowest BCUT2D eigenvalue weighted by Crippen LogP contribution is -2.14. The first-order chi connectivity index (χ1) is 13.6. The van der Waals surface area contributed by atoms with Gasteiger partial charge in [-0.05, 0) is 55.0 Å². The van der Waals surface area contributed by atoms with E-state index < -0.39 is 0 Å². The molecule has 5 nitrogen and oxygen atoms in total. The van der Waals surface area contributed by atoms with Crippen LogP contribution in [0.5, 0.6) is 0 Å². The molecule has 0 spiro atoms. The number of hydrogen-bond acceptors (Lipinski definition) is 3. The second-order valence-electron chi connectivity index (χ2n) is 6.32. The predicted molar refractivity (Wildman–Crippen MR) is 111 cm³/mol. The minimum atomic E-state index is -0.301. The van der Waals surface area contributed by atoms with Crippen LogP contribution in [0.15, 0.2) is 79.1 Å². The summed E-state index contributed by atoms with van der Waals surface area (Å²) in [6, 6.07) is 20.6. The zero-order chi connectivity index (χ0) is 19.5. The molecule has 0 atom stereocenters. The largest absolute Gasteiger partial charge is 0.320 e. The first-order valence-corrected chi connectivity index (χ1v) is 9.13. The Morgan fingerprint density at radius 1 is 1.04 bits per heavy atom. The van der Waals surface area contributed by atoms with Gasteiger partial charge in [0.05, 0.1) is 11.4 Å². The fraction of sp³-hybridized carbons (Fsp3) is 0.0455. The predicted octanol–water partition coefficient (Wildman–Crippen LogP) is 5.15. The first kappa shape index (κ1) is 17.9. The number of nitrogens with one attached hydrogen (secondary N) is 1. The lowest BCUT2D eigenvalue weighted by molar-refractivity contribution is 0.102. The molecule has 0 unspecified atom stereocenters. The number of carbonyl (C=O) groups excluding carboxylic acids is 1. The molecule has 138 valence electrons. The molecule has 0 saturated carbocycles. The normalized spacial score (nSPS) is 10.6. The van der Waals surface area contributed by atoms with Crippen LogP contribution >= 0.6 is 11.6 Å². The maximum Gasteiger partial charge on any atom is 0.276 e. The highest BCUT2D eigenvalue weighted by Gasteiger charge is 2.17. The quantitative estimate of drug-likeness (QED) is 0.526. The molecule has 0 fully saturated rings. The van der Waals surface area contributed by atoms with Crippen molar-refractivity contribution in [3.63, 3.8) is 0 Å². The van der Waals surface area contributed by atoms with Gasteiger partial charge in [0.2, 0.25) is 0 Å². The molecule has 1 amide bonds. The third-order valence-electron chi connectivity index (χ3n) is 4.35. The third kappa shape index (κ3) is 3.66. The summed E-state index contributed by atoms with van der Waals surface area (Å²) >= 11 is 6.06. The van der Waals surface area contributed by atoms with E-state index >= 15 is 0 Å². The number of anilines is 1. The number of aromatic nitrogens is 3. The molecule has 6 heteroatoms. The first-order valence-electron chi connectivity index (χ1n) is 8.75. The maximum absolute atomic E-state index is 12.9. The third-order valence-corrected chi connectivity index (χ3v) is 4.58. The summed E-state index contributed by atoms with van der Waals surface area (Å²) in [5.41, 5.74) is 4.41. The number of carbonyl (C=O) groups is 1. The van der Waals surface area contributed by atoms with Crippen molar-refractivity contribution < 1.29 is 4.79 Å². The highest BCUT2D eigenvalue weighted by molar-refractivity contribution is 6.31. The smallest absolute Gasteiger partial charge is 0.276 e. The van der Waals surface area contributed by atoms with Crippen LogP contribution in [0.3, 0.4) is 0 Å². The van der Waals surface area contributed by atoms with Gasteiger partial charge >= 0.3 is 0 Å². The van der Waals surface area contributed by atoms with Gasteiger partial charge in [-0.15, -0.1) is 0 Å². The monoisotopic (exact) mass is 388 g/mol. The highest BCUT2D eigenvalue weighted by atomic mass is 35.5. The van der Waals surface area contributed by atoms with E-state index in [4.69, 9.17) is 11.6 Å². The summed E-state index contributed by atoms with van der Waals surface area (Å²) in [4.78, 5) is 17.0. The highest BCUT2D eigenvalue weighted by Crippen LogP contribution is 2.25. The van der Waals surface area contributed by atoms with E-state index in [9.17, 15) is 4.79 Å². The Morgan fingerprint density at radius 2 is 1.86 bits per heavy atom. The number of aryl methyl sites for hydroxylation is 1. The molecular weight excluding hydrogens is 372 g/mol. The number of halogens is 1. The van der Waals surface area contributed by atoms with Crippen molar-refractivity contribution in [2.75, 3.05) is 5.32 Å². The van der Waals surface area contributed by atoms with Crippen LogP contribution in [0.1, 0.15) is 16.1 Å². The number of hydrogen-bond donors (Lipinski definition) is 1. The molecule has 0 bridgehead atoms. The van der Waals surface area contributed by atoms with Crippen LogP contribution in [0.2, 0.25) is 5.02 Å². The Labute approximate surface area is 167 Å². The van der Waals surface area contributed by atoms with Gasteiger partial charge in [-0.25, -0.2) is 4.68 Å². The molecule has 28 heavy (non-hydrogen) atoms. The number of rotatable bonds is 4. The molecule has 0 radical (unpaired) electrons. The average molecular weight is 389 g/mol. The summed E-state index contributed by atoms with van der Waals surface area (Å²) in [6.45, 7) is 1.91. The minimum absolute atomic E-state index is 0.301. The molecule has 2 aromatic heterocycles. The molecule has 0 saturated heterocycles. The Bertz CT molecular complexity index is 1070. The molecule has 0 aliphatic heterocycles. The van der Waals surface area contributed by atoms with Gasteiger partial charge in [-0.1, -0.05) is 35.9 Å². The van der Waals surface area contributed by atoms with E-state index in [0.717, 1.165) is 22.5 Å². The average Bonchev–Trinajstić information content (AvgIpc) is 3.18. The van der Waals surface area contributed by atoms with Crippen molar-refractivity contribution in [2.45, 2.75) is 6.92 Å². The van der Waals surface area contributed by atoms with E-state index in [-0.39, 0.29) is 5.91 Å². The van der Waals surface area contributed by atoms with Crippen LogP contribution in [0, 0.1) is 6.92 Å². The summed E-state index contributed by atoms with van der Waals surface area (Å²) < 4.78 is 1.75. The van der Waals surface area contributed by atoms with Crippen molar-refractivity contribution in [1.82, 2.24) is 14.8 Å². The molecule has 2 aromatic carbocycles. The van der Waals surface area contributed by atoms with Crippen molar-refractivity contribution in [1.29, 1.82) is 0 Å². The Kier molecular flexibility index (Phi) is 4.91. The van der Waals surface area contributed by atoms with E-state index in [1.807, 2.05) is 55.5 Å². The number of amides is 1. The molecule has 0 aliphatic carbocycles. The Hall–Kier alpha value is -3.44. The lowest BCUT2D eigenvalue weighted by Gasteiger charge is -2.07. The lowest BCUT2D eigenvalue weighted by atomic mass is 10.1. The molecular formula is C22H17ClN4O. The summed E-state index contributed by atoms with van der Waals surface area (Å²) in [6.07, 6.45) is 3.46. The van der Waals surface area contributed by atoms with Gasteiger partial charge < -0.3 is 5.32 Å². The van der Waals surface area contributed by atoms with Gasteiger partial charge in [-0.3, -0.25) is 9.78 Å². The van der Waals surface area contributed by atoms with Crippen LogP contribution in [0.4, 0.5) is 5.69 Å². The van der Waals surface area contributed by atoms with Gasteiger partial charge in [0, 0.05) is 28.7 Å². The van der Waals surface area contributed by atoms with Gasteiger partial charge in [0.1, 0.15) is 0 Å². The van der Waals surface area contributed by atoms with Crippen LogP contribution in [-0.4, -0.2) is 20.7 Å². The van der Waals surface area contributed by atoms with E-state index in [2.05, 4.69) is 15.4 Å². The van der Waals surface area contributed by atoms with Crippen LogP contribution < -0.4 is 5.32 Å². The zero-order valence-corrected chi connectivity index (χ0v) is 15.9. The van der Waals surface area contributed by atoms with Crippen molar-refractivity contribution in [3.8, 4) is 16.9 Å². The Balaban J connectivity index is 1.75. The van der Waals surface area contributed by atoms with Crippen molar-refractivity contribution in [2.24, 2.45) is 0 Å². The minimum Gasteiger partial charge on any atom is -0.320 e. The fourth-order valence-electron chi connectivity index (χ4n) is 2.89. The second-order valence-corrected chi connectivity index (χ2v) is 6.75. The molecule has 0 aliphatic rings. The standard InChI is InChI=1S/C22H17ClN4O/c1-15-9-10-17(23)12-19(15)25-22(28)20-13-21(16-6-5-11-24-14-16)27(26-20)18-7-3-2-4-8-18/h2-14H,1H3,(H,25,28). The summed E-state index contributed by atoms with van der Waals surface area (Å²) in [5.74, 6) is -0.301. The van der Waals surface area contributed by atoms with Gasteiger partial charge in [-0.2, -0.15) is 5.10 Å². The summed E-state index contributed by atoms with van der Waals surface area (Å²) in [7, 11) is 0. The zero-order valence-electron chi connectivity index (χ0n) is 15.1. The number of nitrogens with zero attached hydrogens (tertiary/aromatic N) is 3.